The van der Waals surface area contributed by atoms with Crippen LogP contribution in [0.4, 0.5) is 5.69 Å². The summed E-state index contributed by atoms with van der Waals surface area (Å²) in [6, 6.07) is 6.35. The molecule has 2 rings (SSSR count). The first-order valence-corrected chi connectivity index (χ1v) is 7.40. The van der Waals surface area contributed by atoms with Crippen molar-refractivity contribution in [2.24, 2.45) is 11.7 Å². The smallest absolute Gasteiger partial charge is 0.162 e. The van der Waals surface area contributed by atoms with Gasteiger partial charge in [0, 0.05) is 30.9 Å². The minimum atomic E-state index is 0.258. The Hall–Kier alpha value is -1.42. The number of nitrogens with two attached hydrogens (primary N) is 1. The van der Waals surface area contributed by atoms with E-state index in [9.17, 15) is 0 Å². The third-order valence-corrected chi connectivity index (χ3v) is 4.00. The molecular formula is C16H26N2O2. The van der Waals surface area contributed by atoms with Gasteiger partial charge < -0.3 is 20.1 Å². The zero-order valence-electron chi connectivity index (χ0n) is 12.8. The van der Waals surface area contributed by atoms with Crippen LogP contribution in [-0.2, 0) is 0 Å². The van der Waals surface area contributed by atoms with Crippen molar-refractivity contribution in [2.45, 2.75) is 32.2 Å². The van der Waals surface area contributed by atoms with Gasteiger partial charge in [-0.2, -0.15) is 0 Å². The molecular weight excluding hydrogens is 252 g/mol. The van der Waals surface area contributed by atoms with Crippen molar-refractivity contribution in [1.82, 2.24) is 0 Å². The lowest BCUT2D eigenvalue weighted by molar-refractivity contribution is 0.349. The van der Waals surface area contributed by atoms with E-state index in [4.69, 9.17) is 15.2 Å². The van der Waals surface area contributed by atoms with Crippen LogP contribution in [0.15, 0.2) is 18.2 Å². The largest absolute Gasteiger partial charge is 0.493 e. The number of hydrogen-bond acceptors (Lipinski definition) is 4. The molecule has 0 spiro atoms. The van der Waals surface area contributed by atoms with Crippen LogP contribution in [-0.4, -0.2) is 33.4 Å². The first-order chi connectivity index (χ1) is 9.67. The van der Waals surface area contributed by atoms with Crippen molar-refractivity contribution in [1.29, 1.82) is 0 Å². The molecule has 2 atom stereocenters. The number of ether oxygens (including phenoxy) is 2. The molecule has 1 aromatic rings. The average molecular weight is 278 g/mol. The van der Waals surface area contributed by atoms with Gasteiger partial charge in [0.1, 0.15) is 0 Å². The molecule has 112 valence electrons. The van der Waals surface area contributed by atoms with Crippen LogP contribution in [0.2, 0.25) is 0 Å². The molecule has 1 heterocycles. The number of anilines is 1. The Morgan fingerprint density at radius 1 is 1.20 bits per heavy atom. The number of benzene rings is 1. The fraction of sp³-hybridized carbons (Fsp3) is 0.625. The minimum absolute atomic E-state index is 0.258. The van der Waals surface area contributed by atoms with Crippen molar-refractivity contribution >= 4 is 5.69 Å². The van der Waals surface area contributed by atoms with Crippen molar-refractivity contribution in [3.05, 3.63) is 18.2 Å². The van der Waals surface area contributed by atoms with Crippen molar-refractivity contribution in [2.75, 3.05) is 32.2 Å². The lowest BCUT2D eigenvalue weighted by Gasteiger charge is -2.38. The molecule has 1 aromatic carbocycles. The second-order valence-corrected chi connectivity index (χ2v) is 5.59. The van der Waals surface area contributed by atoms with E-state index in [1.807, 2.05) is 12.1 Å². The van der Waals surface area contributed by atoms with Crippen LogP contribution in [0.1, 0.15) is 26.2 Å². The zero-order valence-corrected chi connectivity index (χ0v) is 12.8. The maximum absolute atomic E-state index is 6.21. The third kappa shape index (κ3) is 3.37. The molecule has 1 fully saturated rings. The van der Waals surface area contributed by atoms with Crippen LogP contribution in [0.25, 0.3) is 0 Å². The van der Waals surface area contributed by atoms with E-state index < -0.39 is 0 Å². The summed E-state index contributed by atoms with van der Waals surface area (Å²) in [5.74, 6) is 2.23. The van der Waals surface area contributed by atoms with Crippen molar-refractivity contribution in [3.8, 4) is 11.5 Å². The molecule has 0 aliphatic carbocycles. The molecule has 2 unspecified atom stereocenters. The number of methoxy groups -OCH3 is 2. The van der Waals surface area contributed by atoms with Crippen LogP contribution < -0.4 is 20.1 Å². The van der Waals surface area contributed by atoms with E-state index in [1.54, 1.807) is 14.2 Å². The molecule has 0 radical (unpaired) electrons. The topological polar surface area (TPSA) is 47.7 Å². The summed E-state index contributed by atoms with van der Waals surface area (Å²) in [4.78, 5) is 2.37. The zero-order chi connectivity index (χ0) is 14.5. The molecule has 1 saturated heterocycles. The van der Waals surface area contributed by atoms with Gasteiger partial charge in [0.2, 0.25) is 0 Å². The van der Waals surface area contributed by atoms with E-state index in [0.29, 0.717) is 5.92 Å². The van der Waals surface area contributed by atoms with Gasteiger partial charge in [0.05, 0.1) is 14.2 Å². The maximum Gasteiger partial charge on any atom is 0.162 e. The predicted molar refractivity (Wildman–Crippen MR) is 82.7 cm³/mol. The summed E-state index contributed by atoms with van der Waals surface area (Å²) in [5, 5.41) is 0. The Morgan fingerprint density at radius 2 is 1.95 bits per heavy atom. The quantitative estimate of drug-likeness (QED) is 0.899. The van der Waals surface area contributed by atoms with Gasteiger partial charge in [-0.15, -0.1) is 0 Å². The minimum Gasteiger partial charge on any atom is -0.493 e. The standard InChI is InChI=1S/C16H26N2O2/c1-4-5-12-8-13(17)11-18(10-12)14-6-7-15(19-2)16(9-14)20-3/h6-7,9,12-13H,4-5,8,10-11,17H2,1-3H3. The normalized spacial score (nSPS) is 22.7. The van der Waals surface area contributed by atoms with Crippen LogP contribution >= 0.6 is 0 Å². The predicted octanol–water partition coefficient (Wildman–Crippen LogP) is 2.66. The lowest BCUT2D eigenvalue weighted by Crippen LogP contribution is -2.47. The van der Waals surface area contributed by atoms with Gasteiger partial charge in [-0.1, -0.05) is 13.3 Å². The van der Waals surface area contributed by atoms with Gasteiger partial charge in [-0.3, -0.25) is 0 Å². The lowest BCUT2D eigenvalue weighted by atomic mass is 9.90. The van der Waals surface area contributed by atoms with Gasteiger partial charge in [-0.25, -0.2) is 0 Å². The fourth-order valence-electron chi connectivity index (χ4n) is 3.10. The molecule has 4 heteroatoms. The molecule has 2 N–H and O–H groups in total. The molecule has 0 amide bonds. The highest BCUT2D eigenvalue weighted by Crippen LogP contribution is 2.33. The molecule has 0 saturated carbocycles. The summed E-state index contributed by atoms with van der Waals surface area (Å²) in [7, 11) is 3.33. The Labute approximate surface area is 121 Å². The first-order valence-electron chi connectivity index (χ1n) is 7.40. The van der Waals surface area contributed by atoms with Crippen LogP contribution in [0.5, 0.6) is 11.5 Å². The number of piperidine rings is 1. The fourth-order valence-corrected chi connectivity index (χ4v) is 3.10. The first kappa shape index (κ1) is 15.0. The summed E-state index contributed by atoms with van der Waals surface area (Å²) < 4.78 is 10.7. The Kier molecular flexibility index (Phi) is 5.12. The van der Waals surface area contributed by atoms with E-state index in [-0.39, 0.29) is 6.04 Å². The highest BCUT2D eigenvalue weighted by molar-refractivity contribution is 5.56. The van der Waals surface area contributed by atoms with E-state index >= 15 is 0 Å². The second kappa shape index (κ2) is 6.84. The molecule has 20 heavy (non-hydrogen) atoms. The summed E-state index contributed by atoms with van der Waals surface area (Å²) in [6.07, 6.45) is 3.60. The summed E-state index contributed by atoms with van der Waals surface area (Å²) in [6.45, 7) is 4.23. The highest BCUT2D eigenvalue weighted by Gasteiger charge is 2.25. The van der Waals surface area contributed by atoms with Crippen LogP contribution in [0.3, 0.4) is 0 Å². The third-order valence-electron chi connectivity index (χ3n) is 4.00. The average Bonchev–Trinajstić information content (AvgIpc) is 2.46. The molecule has 1 aliphatic rings. The number of nitrogens with zero attached hydrogens (tertiary/aromatic N) is 1. The second-order valence-electron chi connectivity index (χ2n) is 5.59. The van der Waals surface area contributed by atoms with Gasteiger partial charge >= 0.3 is 0 Å². The van der Waals surface area contributed by atoms with Crippen molar-refractivity contribution in [3.63, 3.8) is 0 Å². The SMILES string of the molecule is CCCC1CC(N)CN(c2ccc(OC)c(OC)c2)C1. The van der Waals surface area contributed by atoms with E-state index in [0.717, 1.165) is 31.0 Å². The van der Waals surface area contributed by atoms with E-state index in [1.165, 1.54) is 18.5 Å². The molecule has 4 nitrogen and oxygen atoms in total. The molecule has 0 bridgehead atoms. The van der Waals surface area contributed by atoms with E-state index in [2.05, 4.69) is 17.9 Å². The summed E-state index contributed by atoms with van der Waals surface area (Å²) >= 11 is 0. The highest BCUT2D eigenvalue weighted by atomic mass is 16.5. The van der Waals surface area contributed by atoms with Gasteiger partial charge in [0.25, 0.3) is 0 Å². The maximum atomic E-state index is 6.21. The number of hydrogen-bond donors (Lipinski definition) is 1. The molecule has 0 aromatic heterocycles. The number of rotatable bonds is 5. The van der Waals surface area contributed by atoms with Crippen LogP contribution in [0, 0.1) is 5.92 Å². The monoisotopic (exact) mass is 278 g/mol. The van der Waals surface area contributed by atoms with Gasteiger partial charge in [-0.05, 0) is 30.9 Å². The molecule has 1 aliphatic heterocycles. The Balaban J connectivity index is 2.17. The van der Waals surface area contributed by atoms with Crippen molar-refractivity contribution < 1.29 is 9.47 Å². The van der Waals surface area contributed by atoms with Gasteiger partial charge in [0.15, 0.2) is 11.5 Å². The summed E-state index contributed by atoms with van der Waals surface area (Å²) in [5.41, 5.74) is 7.38. The Bertz CT molecular complexity index is 436. The Morgan fingerprint density at radius 3 is 2.60 bits per heavy atom.